The lowest BCUT2D eigenvalue weighted by molar-refractivity contribution is -0.384. The minimum atomic E-state index is -3.60. The molecule has 120 valence electrons. The Hall–Kier alpha value is -1.66. The Labute approximate surface area is 134 Å². The number of nitro benzene ring substituents is 1. The van der Waals surface area contributed by atoms with Crippen molar-refractivity contribution in [2.24, 2.45) is 0 Å². The Kier molecular flexibility index (Phi) is 5.91. The molecule has 0 fully saturated rings. The molecular formula is C14H16ClNO5S. The first kappa shape index (κ1) is 18.4. The van der Waals surface area contributed by atoms with E-state index in [4.69, 9.17) is 16.3 Å². The Morgan fingerprint density at radius 3 is 2.41 bits per heavy atom. The van der Waals surface area contributed by atoms with Crippen LogP contribution in [-0.4, -0.2) is 31.8 Å². The van der Waals surface area contributed by atoms with Gasteiger partial charge in [-0.15, -0.1) is 5.73 Å². The summed E-state index contributed by atoms with van der Waals surface area (Å²) in [6.07, 6.45) is 1.29. The Morgan fingerprint density at radius 2 is 1.95 bits per heavy atom. The van der Waals surface area contributed by atoms with Crippen molar-refractivity contribution >= 4 is 27.1 Å². The van der Waals surface area contributed by atoms with Gasteiger partial charge in [-0.2, -0.15) is 0 Å². The first-order valence-corrected chi connectivity index (χ1v) is 8.26. The molecule has 0 bridgehead atoms. The van der Waals surface area contributed by atoms with Crippen molar-refractivity contribution in [3.63, 3.8) is 0 Å². The van der Waals surface area contributed by atoms with E-state index in [-0.39, 0.29) is 21.4 Å². The zero-order valence-corrected chi connectivity index (χ0v) is 13.9. The number of nitro groups is 1. The largest absolute Gasteiger partial charge is 0.373 e. The standard InChI is InChI=1S/C14H16ClNO5S/c1-14(2,21-3)13(15)5-4-10-22(19,20)12-8-6-11(7-9-12)16(17)18/h4,6-9H,10H2,1-3H3. The van der Waals surface area contributed by atoms with Gasteiger partial charge >= 0.3 is 0 Å². The Morgan fingerprint density at radius 1 is 1.41 bits per heavy atom. The number of methoxy groups -OCH3 is 1. The van der Waals surface area contributed by atoms with Gasteiger partial charge in [0.25, 0.3) is 5.69 Å². The molecule has 0 N–H and O–H groups in total. The lowest BCUT2D eigenvalue weighted by atomic mass is 10.1. The molecule has 0 spiro atoms. The molecular weight excluding hydrogens is 330 g/mol. The molecule has 8 heteroatoms. The van der Waals surface area contributed by atoms with Gasteiger partial charge in [-0.25, -0.2) is 8.42 Å². The average Bonchev–Trinajstić information content (AvgIpc) is 2.47. The van der Waals surface area contributed by atoms with Crippen LogP contribution >= 0.6 is 11.6 Å². The quantitative estimate of drug-likeness (QED) is 0.449. The minimum absolute atomic E-state index is 0.00160. The maximum absolute atomic E-state index is 12.1. The lowest BCUT2D eigenvalue weighted by Crippen LogP contribution is -2.22. The maximum Gasteiger partial charge on any atom is 0.269 e. The summed E-state index contributed by atoms with van der Waals surface area (Å²) in [5.74, 6) is -0.319. The molecule has 0 saturated carbocycles. The van der Waals surface area contributed by atoms with Crippen LogP contribution in [0.1, 0.15) is 13.8 Å². The van der Waals surface area contributed by atoms with Crippen LogP contribution in [0.3, 0.4) is 0 Å². The van der Waals surface area contributed by atoms with E-state index in [0.717, 1.165) is 12.1 Å². The van der Waals surface area contributed by atoms with Gasteiger partial charge in [0, 0.05) is 19.2 Å². The topological polar surface area (TPSA) is 86.5 Å². The number of rotatable bonds is 6. The van der Waals surface area contributed by atoms with Crippen LogP contribution in [0.2, 0.25) is 0 Å². The number of nitrogens with zero attached hydrogens (tertiary/aromatic N) is 1. The highest BCUT2D eigenvalue weighted by molar-refractivity contribution is 7.91. The number of sulfone groups is 1. The molecule has 0 aromatic heterocycles. The number of benzene rings is 1. The van der Waals surface area contributed by atoms with Gasteiger partial charge in [0.2, 0.25) is 0 Å². The van der Waals surface area contributed by atoms with Gasteiger partial charge < -0.3 is 4.74 Å². The smallest absolute Gasteiger partial charge is 0.269 e. The maximum atomic E-state index is 12.1. The van der Waals surface area contributed by atoms with Gasteiger partial charge in [-0.3, -0.25) is 10.1 Å². The normalized spacial score (nSPS) is 11.6. The van der Waals surface area contributed by atoms with E-state index >= 15 is 0 Å². The second-order valence-electron chi connectivity index (χ2n) is 4.91. The summed E-state index contributed by atoms with van der Waals surface area (Å²) in [7, 11) is -2.12. The van der Waals surface area contributed by atoms with E-state index in [1.807, 2.05) is 0 Å². The Bertz CT molecular complexity index is 716. The molecule has 0 radical (unpaired) electrons. The molecule has 1 aromatic rings. The molecule has 0 atom stereocenters. The molecule has 22 heavy (non-hydrogen) atoms. The van der Waals surface area contributed by atoms with Gasteiger partial charge in [0.15, 0.2) is 9.84 Å². The fourth-order valence-electron chi connectivity index (χ4n) is 1.38. The minimum Gasteiger partial charge on any atom is -0.373 e. The molecule has 1 aromatic carbocycles. The molecule has 6 nitrogen and oxygen atoms in total. The van der Waals surface area contributed by atoms with Crippen molar-refractivity contribution in [3.8, 4) is 0 Å². The van der Waals surface area contributed by atoms with Gasteiger partial charge in [0.1, 0.15) is 5.60 Å². The van der Waals surface area contributed by atoms with Gasteiger partial charge in [-0.1, -0.05) is 11.6 Å². The lowest BCUT2D eigenvalue weighted by Gasteiger charge is -2.20. The van der Waals surface area contributed by atoms with Crippen LogP contribution < -0.4 is 0 Å². The molecule has 0 aliphatic heterocycles. The monoisotopic (exact) mass is 345 g/mol. The molecule has 0 amide bonds. The summed E-state index contributed by atoms with van der Waals surface area (Å²) in [6.45, 7) is 3.45. The molecule has 0 unspecified atom stereocenters. The third-order valence-electron chi connectivity index (χ3n) is 2.98. The SMILES string of the molecule is COC(C)(C)C(Cl)=C=CCS(=O)(=O)c1ccc([N+](=O)[O-])cc1. The Balaban J connectivity index is 2.97. The van der Waals surface area contributed by atoms with Crippen LogP contribution in [0.15, 0.2) is 46.0 Å². The summed E-state index contributed by atoms with van der Waals surface area (Å²) in [6, 6.07) is 4.69. The van der Waals surface area contributed by atoms with Crippen molar-refractivity contribution in [1.82, 2.24) is 0 Å². The zero-order valence-electron chi connectivity index (χ0n) is 12.4. The van der Waals surface area contributed by atoms with Crippen molar-refractivity contribution in [3.05, 3.63) is 51.2 Å². The summed E-state index contributed by atoms with van der Waals surface area (Å²) in [5, 5.41) is 10.8. The average molecular weight is 346 g/mol. The first-order chi connectivity index (χ1) is 10.1. The van der Waals surface area contributed by atoms with E-state index in [2.05, 4.69) is 5.73 Å². The van der Waals surface area contributed by atoms with Crippen molar-refractivity contribution < 1.29 is 18.1 Å². The van der Waals surface area contributed by atoms with E-state index in [0.29, 0.717) is 0 Å². The fourth-order valence-corrected chi connectivity index (χ4v) is 2.58. The highest BCUT2D eigenvalue weighted by Crippen LogP contribution is 2.22. The number of hydrogen-bond acceptors (Lipinski definition) is 5. The molecule has 0 heterocycles. The summed E-state index contributed by atoms with van der Waals surface area (Å²) < 4.78 is 29.3. The van der Waals surface area contributed by atoms with Gasteiger partial charge in [-0.05, 0) is 32.1 Å². The fraction of sp³-hybridized carbons (Fsp3) is 0.357. The molecule has 1 rings (SSSR count). The summed E-state index contributed by atoms with van der Waals surface area (Å²) in [5.41, 5.74) is 1.75. The van der Waals surface area contributed by atoms with Crippen LogP contribution in [0.4, 0.5) is 5.69 Å². The van der Waals surface area contributed by atoms with Crippen molar-refractivity contribution in [1.29, 1.82) is 0 Å². The van der Waals surface area contributed by atoms with Crippen molar-refractivity contribution in [2.75, 3.05) is 12.9 Å². The predicted octanol–water partition coefficient (Wildman–Crippen LogP) is 3.07. The summed E-state index contributed by atoms with van der Waals surface area (Å²) in [4.78, 5) is 9.95. The van der Waals surface area contributed by atoms with E-state index in [1.54, 1.807) is 13.8 Å². The first-order valence-electron chi connectivity index (χ1n) is 6.23. The van der Waals surface area contributed by atoms with Crippen LogP contribution in [0.25, 0.3) is 0 Å². The van der Waals surface area contributed by atoms with Crippen LogP contribution in [0.5, 0.6) is 0 Å². The molecule has 0 aliphatic rings. The number of ether oxygens (including phenoxy) is 1. The number of hydrogen-bond donors (Lipinski definition) is 0. The third kappa shape index (κ3) is 4.68. The summed E-state index contributed by atoms with van der Waals surface area (Å²) >= 11 is 5.98. The highest BCUT2D eigenvalue weighted by Gasteiger charge is 2.20. The van der Waals surface area contributed by atoms with Crippen LogP contribution in [-0.2, 0) is 14.6 Å². The van der Waals surface area contributed by atoms with Gasteiger partial charge in [0.05, 0.1) is 20.6 Å². The highest BCUT2D eigenvalue weighted by atomic mass is 35.5. The number of non-ortho nitro benzene ring substituents is 1. The number of halogens is 1. The van der Waals surface area contributed by atoms with E-state index < -0.39 is 20.4 Å². The molecule has 0 saturated heterocycles. The molecule has 0 aliphatic carbocycles. The second kappa shape index (κ2) is 7.07. The predicted molar refractivity (Wildman–Crippen MR) is 83.7 cm³/mol. The van der Waals surface area contributed by atoms with Crippen molar-refractivity contribution in [2.45, 2.75) is 24.3 Å². The van der Waals surface area contributed by atoms with Crippen LogP contribution in [0, 0.1) is 10.1 Å². The second-order valence-corrected chi connectivity index (χ2v) is 7.32. The third-order valence-corrected chi connectivity index (χ3v) is 5.14. The van der Waals surface area contributed by atoms with E-state index in [9.17, 15) is 18.5 Å². The zero-order chi connectivity index (χ0) is 17.0. The van der Waals surface area contributed by atoms with E-state index in [1.165, 1.54) is 25.3 Å².